The van der Waals surface area contributed by atoms with Gasteiger partial charge in [0.2, 0.25) is 0 Å². The smallest absolute Gasteiger partial charge is 0.109 e. The first-order chi connectivity index (χ1) is 3.91. The van der Waals surface area contributed by atoms with E-state index in [9.17, 15) is 0 Å². The minimum Gasteiger partial charge on any atom is -0.505 e. The van der Waals surface area contributed by atoms with E-state index in [4.69, 9.17) is 4.74 Å². The van der Waals surface area contributed by atoms with Crippen LogP contribution in [-0.4, -0.2) is 13.7 Å². The zero-order valence-electron chi connectivity index (χ0n) is 4.96. The molecule has 2 nitrogen and oxygen atoms in total. The van der Waals surface area contributed by atoms with Crippen molar-refractivity contribution in [1.29, 1.82) is 0 Å². The van der Waals surface area contributed by atoms with E-state index in [1.165, 1.54) is 6.26 Å². The molecular weight excluding hydrogens is 104 g/mol. The first kappa shape index (κ1) is 7.08. The molecule has 0 saturated heterocycles. The summed E-state index contributed by atoms with van der Waals surface area (Å²) < 4.78 is 9.33. The zero-order chi connectivity index (χ0) is 6.24. The molecule has 0 saturated carbocycles. The second-order valence-electron chi connectivity index (χ2n) is 1.11. The van der Waals surface area contributed by atoms with E-state index in [-0.39, 0.29) is 0 Å². The second kappa shape index (κ2) is 6.08. The predicted molar refractivity (Wildman–Crippen MR) is 32.3 cm³/mol. The van der Waals surface area contributed by atoms with E-state index < -0.39 is 0 Å². The van der Waals surface area contributed by atoms with Crippen LogP contribution in [0.25, 0.3) is 0 Å². The molecular formula is C6H10O2. The van der Waals surface area contributed by atoms with Gasteiger partial charge >= 0.3 is 0 Å². The normalized spacial score (nSPS) is 9.12. The molecule has 0 heterocycles. The van der Waals surface area contributed by atoms with Crippen LogP contribution in [0.5, 0.6) is 0 Å². The average Bonchev–Trinajstić information content (AvgIpc) is 1.81. The van der Waals surface area contributed by atoms with Gasteiger partial charge in [0, 0.05) is 0 Å². The van der Waals surface area contributed by atoms with Crippen LogP contribution in [0.3, 0.4) is 0 Å². The molecule has 0 aromatic rings. The van der Waals surface area contributed by atoms with Gasteiger partial charge in [0.25, 0.3) is 0 Å². The van der Waals surface area contributed by atoms with E-state index in [2.05, 4.69) is 11.3 Å². The van der Waals surface area contributed by atoms with Gasteiger partial charge in [-0.1, -0.05) is 6.58 Å². The largest absolute Gasteiger partial charge is 0.505 e. The third-order valence-corrected chi connectivity index (χ3v) is 0.543. The lowest BCUT2D eigenvalue weighted by Gasteiger charge is -1.90. The summed E-state index contributed by atoms with van der Waals surface area (Å²) in [5.74, 6) is 0. The summed E-state index contributed by atoms with van der Waals surface area (Å²) in [7, 11) is 1.59. The van der Waals surface area contributed by atoms with E-state index >= 15 is 0 Å². The number of methoxy groups -OCH3 is 1. The van der Waals surface area contributed by atoms with E-state index in [0.29, 0.717) is 6.61 Å². The fraction of sp³-hybridized carbons (Fsp3) is 0.333. The predicted octanol–water partition coefficient (Wildman–Crippen LogP) is 1.31. The molecule has 0 N–H and O–H groups in total. The lowest BCUT2D eigenvalue weighted by Crippen LogP contribution is -1.78. The van der Waals surface area contributed by atoms with E-state index in [0.717, 1.165) is 0 Å². The minimum absolute atomic E-state index is 0.525. The summed E-state index contributed by atoms with van der Waals surface area (Å²) in [6.45, 7) is 3.89. The SMILES string of the molecule is C=COCC=COC. The molecule has 0 aliphatic heterocycles. The molecule has 0 spiro atoms. The van der Waals surface area contributed by atoms with Crippen LogP contribution in [-0.2, 0) is 9.47 Å². The zero-order valence-corrected chi connectivity index (χ0v) is 4.96. The number of hydrogen-bond acceptors (Lipinski definition) is 2. The lowest BCUT2D eigenvalue weighted by molar-refractivity contribution is 0.280. The monoisotopic (exact) mass is 114 g/mol. The molecule has 0 aliphatic rings. The van der Waals surface area contributed by atoms with Crippen LogP contribution in [0.2, 0.25) is 0 Å². The molecule has 0 aromatic heterocycles. The van der Waals surface area contributed by atoms with Crippen molar-refractivity contribution >= 4 is 0 Å². The van der Waals surface area contributed by atoms with Crippen molar-refractivity contribution in [3.63, 3.8) is 0 Å². The van der Waals surface area contributed by atoms with Gasteiger partial charge in [0.15, 0.2) is 0 Å². The molecule has 0 aromatic carbocycles. The Hall–Kier alpha value is -0.920. The van der Waals surface area contributed by atoms with E-state index in [1.807, 2.05) is 0 Å². The first-order valence-corrected chi connectivity index (χ1v) is 2.32. The Bertz CT molecular complexity index is 76.6. The molecule has 0 atom stereocenters. The first-order valence-electron chi connectivity index (χ1n) is 2.32. The molecule has 0 bridgehead atoms. The molecule has 46 valence electrons. The maximum Gasteiger partial charge on any atom is 0.109 e. The summed E-state index contributed by atoms with van der Waals surface area (Å²) in [6, 6.07) is 0. The highest BCUT2D eigenvalue weighted by Crippen LogP contribution is 1.76. The third-order valence-electron chi connectivity index (χ3n) is 0.543. The molecule has 0 radical (unpaired) electrons. The van der Waals surface area contributed by atoms with Crippen molar-refractivity contribution in [1.82, 2.24) is 0 Å². The standard InChI is InChI=1S/C6H10O2/c1-3-8-6-4-5-7-2/h3-5H,1,6H2,2H3. The molecule has 0 aliphatic carbocycles. The molecule has 0 fully saturated rings. The summed E-state index contributed by atoms with van der Waals surface area (Å²) in [6.07, 6.45) is 4.70. The number of ether oxygens (including phenoxy) is 2. The van der Waals surface area contributed by atoms with Crippen LogP contribution >= 0.6 is 0 Å². The fourth-order valence-corrected chi connectivity index (χ4v) is 0.259. The summed E-state index contributed by atoms with van der Waals surface area (Å²) in [5.41, 5.74) is 0. The van der Waals surface area contributed by atoms with Crippen molar-refractivity contribution in [3.05, 3.63) is 25.2 Å². The Balaban J connectivity index is 2.90. The second-order valence-corrected chi connectivity index (χ2v) is 1.11. The van der Waals surface area contributed by atoms with Crippen LogP contribution in [0.4, 0.5) is 0 Å². The van der Waals surface area contributed by atoms with Crippen molar-refractivity contribution in [2.75, 3.05) is 13.7 Å². The number of hydrogen-bond donors (Lipinski definition) is 0. The van der Waals surface area contributed by atoms with Gasteiger partial charge in [-0.25, -0.2) is 0 Å². The average molecular weight is 114 g/mol. The quantitative estimate of drug-likeness (QED) is 0.405. The fourth-order valence-electron chi connectivity index (χ4n) is 0.259. The van der Waals surface area contributed by atoms with Crippen LogP contribution in [0, 0.1) is 0 Å². The Labute approximate surface area is 49.4 Å². The number of rotatable bonds is 4. The minimum atomic E-state index is 0.525. The molecule has 2 heteroatoms. The maximum absolute atomic E-state index is 4.73. The van der Waals surface area contributed by atoms with Crippen molar-refractivity contribution in [2.24, 2.45) is 0 Å². The van der Waals surface area contributed by atoms with Gasteiger partial charge in [-0.05, 0) is 6.08 Å². The molecule has 0 unspecified atom stereocenters. The Morgan fingerprint density at radius 2 is 2.38 bits per heavy atom. The van der Waals surface area contributed by atoms with Gasteiger partial charge in [-0.2, -0.15) is 0 Å². The summed E-state index contributed by atoms with van der Waals surface area (Å²) in [4.78, 5) is 0. The van der Waals surface area contributed by atoms with E-state index in [1.54, 1.807) is 19.4 Å². The van der Waals surface area contributed by atoms with Crippen LogP contribution < -0.4 is 0 Å². The van der Waals surface area contributed by atoms with Crippen molar-refractivity contribution in [2.45, 2.75) is 0 Å². The summed E-state index contributed by atoms with van der Waals surface area (Å²) in [5, 5.41) is 0. The lowest BCUT2D eigenvalue weighted by atomic mass is 10.7. The summed E-state index contributed by atoms with van der Waals surface area (Å²) >= 11 is 0. The van der Waals surface area contributed by atoms with Gasteiger partial charge in [0.05, 0.1) is 19.6 Å². The molecule has 0 amide bonds. The van der Waals surface area contributed by atoms with Gasteiger partial charge < -0.3 is 9.47 Å². The Morgan fingerprint density at radius 1 is 1.62 bits per heavy atom. The Morgan fingerprint density at radius 3 is 2.88 bits per heavy atom. The highest BCUT2D eigenvalue weighted by Gasteiger charge is 1.68. The Kier molecular flexibility index (Phi) is 5.38. The van der Waals surface area contributed by atoms with Crippen molar-refractivity contribution < 1.29 is 9.47 Å². The highest BCUT2D eigenvalue weighted by atomic mass is 16.5. The van der Waals surface area contributed by atoms with Gasteiger partial charge in [0.1, 0.15) is 6.61 Å². The van der Waals surface area contributed by atoms with Gasteiger partial charge in [-0.3, -0.25) is 0 Å². The maximum atomic E-state index is 4.73. The topological polar surface area (TPSA) is 18.5 Å². The molecule has 8 heavy (non-hydrogen) atoms. The third kappa shape index (κ3) is 5.08. The van der Waals surface area contributed by atoms with Crippen LogP contribution in [0.15, 0.2) is 25.2 Å². The highest BCUT2D eigenvalue weighted by molar-refractivity contribution is 4.72. The van der Waals surface area contributed by atoms with Crippen LogP contribution in [0.1, 0.15) is 0 Å². The molecule has 0 rings (SSSR count). The van der Waals surface area contributed by atoms with Gasteiger partial charge in [-0.15, -0.1) is 0 Å². The van der Waals surface area contributed by atoms with Crippen molar-refractivity contribution in [3.8, 4) is 0 Å².